The number of benzene rings is 7. The van der Waals surface area contributed by atoms with Gasteiger partial charge in [0, 0.05) is 101 Å². The molecule has 0 aliphatic heterocycles. The van der Waals surface area contributed by atoms with Crippen LogP contribution in [-0.4, -0.2) is 60.1 Å². The molecule has 7 aromatic carbocycles. The first kappa shape index (κ1) is 49.5. The van der Waals surface area contributed by atoms with E-state index in [1.807, 2.05) is 158 Å². The zero-order valence-electron chi connectivity index (χ0n) is 35.5. The van der Waals surface area contributed by atoms with Crippen LogP contribution in [0.15, 0.2) is 199 Å². The van der Waals surface area contributed by atoms with Crippen molar-refractivity contribution >= 4 is 27.6 Å². The van der Waals surface area contributed by atoms with Crippen LogP contribution in [0.4, 0.5) is 5.69 Å². The molecule has 0 fully saturated rings. The van der Waals surface area contributed by atoms with E-state index < -0.39 is 5.97 Å². The number of hydrogen-bond donors (Lipinski definition) is 4. The number of imidazole rings is 2. The van der Waals surface area contributed by atoms with E-state index in [1.165, 1.54) is 0 Å². The van der Waals surface area contributed by atoms with Gasteiger partial charge in [0.2, 0.25) is 0 Å². The number of nitrogens with one attached hydrogen (secondary N) is 1. The molecule has 0 aliphatic carbocycles. The summed E-state index contributed by atoms with van der Waals surface area (Å²) >= 11 is 3.65. The molecule has 0 atom stereocenters. The summed E-state index contributed by atoms with van der Waals surface area (Å²) in [5.74, 6) is 0.680. The van der Waals surface area contributed by atoms with Crippen molar-refractivity contribution in [2.45, 2.75) is 20.5 Å². The number of aliphatic hydroxyl groups is 2. The van der Waals surface area contributed by atoms with E-state index in [-0.39, 0.29) is 71.2 Å². The number of aromatic nitrogens is 4. The van der Waals surface area contributed by atoms with Gasteiger partial charge in [-0.1, -0.05) is 199 Å². The molecule has 329 valence electrons. The number of anilines is 1. The number of aliphatic hydroxyl groups excluding tert-OH is 2. The number of aliphatic carboxylic acids is 1. The summed E-state index contributed by atoms with van der Waals surface area (Å²) in [6, 6.07) is 64.4. The molecule has 1 radical (unpaired) electrons. The van der Waals surface area contributed by atoms with Gasteiger partial charge in [0.1, 0.15) is 18.2 Å². The van der Waals surface area contributed by atoms with Crippen LogP contribution in [0, 0.1) is 44.1 Å². The van der Waals surface area contributed by atoms with Crippen molar-refractivity contribution in [3.05, 3.63) is 199 Å². The fourth-order valence-corrected chi connectivity index (χ4v) is 8.33. The predicted octanol–water partition coefficient (Wildman–Crippen LogP) is 12.3. The maximum absolute atomic E-state index is 11.0. The number of halogens is 1. The minimum atomic E-state index is -0.918. The maximum Gasteiger partial charge on any atom is 0.322 e. The van der Waals surface area contributed by atoms with E-state index in [4.69, 9.17) is 15.1 Å². The Labute approximate surface area is 430 Å². The van der Waals surface area contributed by atoms with Gasteiger partial charge in [0.25, 0.3) is 0 Å². The molecule has 0 saturated carbocycles. The number of carboxylic acids is 1. The summed E-state index contributed by atoms with van der Waals surface area (Å²) in [6.45, 7) is 0.706. The van der Waals surface area contributed by atoms with Crippen LogP contribution in [0.3, 0.4) is 0 Å². The average molecular weight is 1150 g/mol. The van der Waals surface area contributed by atoms with E-state index in [9.17, 15) is 15.0 Å². The second-order valence-electron chi connectivity index (χ2n) is 14.8. The molecule has 66 heavy (non-hydrogen) atoms. The van der Waals surface area contributed by atoms with Crippen molar-refractivity contribution < 1.29 is 64.2 Å². The zero-order chi connectivity index (χ0) is 44.3. The van der Waals surface area contributed by atoms with E-state index in [0.717, 1.165) is 89.1 Å². The van der Waals surface area contributed by atoms with Gasteiger partial charge in [-0.05, 0) is 29.3 Å². The van der Waals surface area contributed by atoms with E-state index in [1.54, 1.807) is 0 Å². The summed E-state index contributed by atoms with van der Waals surface area (Å²) in [7, 11) is 0. The van der Waals surface area contributed by atoms with E-state index >= 15 is 0 Å². The Morgan fingerprint density at radius 3 is 1.35 bits per heavy atom. The van der Waals surface area contributed by atoms with Crippen LogP contribution in [0.1, 0.15) is 7.43 Å². The average Bonchev–Trinajstić information content (AvgIpc) is 3.91. The molecular formula is C55H50AcBrN5O4. The first-order chi connectivity index (χ1) is 31.4. The molecule has 0 saturated heterocycles. The smallest absolute Gasteiger partial charge is 0.322 e. The molecule has 0 bridgehead atoms. The third-order valence-electron chi connectivity index (χ3n) is 10.7. The Hall–Kier alpha value is -5.93. The van der Waals surface area contributed by atoms with Crippen molar-refractivity contribution in [3.63, 3.8) is 0 Å². The van der Waals surface area contributed by atoms with Gasteiger partial charge in [0.15, 0.2) is 0 Å². The van der Waals surface area contributed by atoms with Crippen molar-refractivity contribution in [2.75, 3.05) is 25.1 Å². The van der Waals surface area contributed by atoms with Gasteiger partial charge in [-0.3, -0.25) is 4.79 Å². The minimum absolute atomic E-state index is 0. The second-order valence-corrected chi connectivity index (χ2v) is 15.7. The maximum atomic E-state index is 11.0. The molecule has 9 nitrogen and oxygen atoms in total. The van der Waals surface area contributed by atoms with Gasteiger partial charge in [-0.25, -0.2) is 9.97 Å². The second kappa shape index (κ2) is 24.0. The summed E-state index contributed by atoms with van der Waals surface area (Å²) < 4.78 is 5.18. The van der Waals surface area contributed by atoms with Crippen molar-refractivity contribution in [1.82, 2.24) is 19.1 Å². The summed E-state index contributed by atoms with van der Waals surface area (Å²) in [4.78, 5) is 21.2. The van der Waals surface area contributed by atoms with Crippen LogP contribution < -0.4 is 5.32 Å². The summed E-state index contributed by atoms with van der Waals surface area (Å²) in [5, 5.41) is 31.8. The van der Waals surface area contributed by atoms with Crippen LogP contribution in [0.5, 0.6) is 0 Å². The van der Waals surface area contributed by atoms with Crippen LogP contribution in [0.25, 0.3) is 78.9 Å². The molecule has 0 aliphatic rings. The van der Waals surface area contributed by atoms with Crippen molar-refractivity contribution in [1.29, 1.82) is 0 Å². The van der Waals surface area contributed by atoms with Crippen molar-refractivity contribution in [2.24, 2.45) is 0 Å². The number of nitrogens with zero attached hydrogens (tertiary/aromatic N) is 4. The molecule has 0 unspecified atom stereocenters. The fraction of sp³-hybridized carbons (Fsp3) is 0.109. The van der Waals surface area contributed by atoms with Crippen LogP contribution >= 0.6 is 15.9 Å². The monoisotopic (exact) mass is 1150 g/mol. The van der Waals surface area contributed by atoms with Gasteiger partial charge in [-0.15, -0.1) is 0 Å². The molecule has 0 spiro atoms. The Kier molecular flexibility index (Phi) is 18.0. The predicted molar refractivity (Wildman–Crippen MR) is 267 cm³/mol. The number of rotatable bonds is 14. The Morgan fingerprint density at radius 2 is 0.894 bits per heavy atom. The fourth-order valence-electron chi connectivity index (χ4n) is 7.87. The molecule has 4 N–H and O–H groups in total. The molecule has 2 aromatic heterocycles. The molecule has 0 amide bonds. The van der Waals surface area contributed by atoms with Gasteiger partial charge in [0.05, 0.1) is 36.0 Å². The van der Waals surface area contributed by atoms with E-state index in [0.29, 0.717) is 13.1 Å². The Morgan fingerprint density at radius 1 is 0.500 bits per heavy atom. The standard InChI is InChI=1S/C31H27N3O3.C23H19BrN2O.CH4.Ac/c35-19-18-34-30(23-12-5-2-6-13-23)29(22-10-3-1-4-11-22)33-31(34)27-17-8-7-16-26(27)24-14-9-15-25(20-24)32-21-28(36)37;24-20-14-8-7-13-19(20)23-25-21(17-9-3-1-4-10-17)22(26(23)15-16-27)18-11-5-2-6-12-18;;/h1-17,20,32,35H,18-19,21H2,(H,36,37);1-14,27H,15-16H2;1H4;. The van der Waals surface area contributed by atoms with E-state index in [2.05, 4.69) is 66.8 Å². The molecule has 11 heteroatoms. The normalized spacial score (nSPS) is 10.5. The summed E-state index contributed by atoms with van der Waals surface area (Å²) in [6.07, 6.45) is 0. The topological polar surface area (TPSA) is 125 Å². The zero-order valence-corrected chi connectivity index (χ0v) is 41.8. The third kappa shape index (κ3) is 11.4. The largest absolute Gasteiger partial charge is 0.480 e. The SMILES string of the molecule is C.O=C(O)CNc1cccc(-c2ccccc2-c2nc(-c3ccccc3)c(-c3ccccc3)n2CCO)c1.OCCn1c(-c2ccccc2Br)nc(-c2ccccc2)c1-c1ccccc1.[Ac]. The van der Waals surface area contributed by atoms with Gasteiger partial charge in [-0.2, -0.15) is 0 Å². The number of hydrogen-bond acceptors (Lipinski definition) is 6. The van der Waals surface area contributed by atoms with Crippen LogP contribution in [0.2, 0.25) is 0 Å². The Balaban J connectivity index is 0.000000221. The van der Waals surface area contributed by atoms with Crippen LogP contribution in [-0.2, 0) is 17.9 Å². The molecule has 9 aromatic rings. The number of carbonyl (C=O) groups is 1. The Bertz CT molecular complexity index is 2960. The van der Waals surface area contributed by atoms with Gasteiger partial charge >= 0.3 is 5.97 Å². The first-order valence-electron chi connectivity index (χ1n) is 21.0. The molecule has 9 rings (SSSR count). The van der Waals surface area contributed by atoms with Gasteiger partial charge < -0.3 is 29.8 Å². The quantitative estimate of drug-likeness (QED) is 0.0854. The first-order valence-corrected chi connectivity index (χ1v) is 21.8. The minimum Gasteiger partial charge on any atom is -0.480 e. The van der Waals surface area contributed by atoms with Crippen molar-refractivity contribution in [3.8, 4) is 78.9 Å². The third-order valence-corrected chi connectivity index (χ3v) is 11.4. The molecule has 2 heterocycles. The number of carboxylic acid groups (broad SMARTS) is 1. The molecular weight excluding hydrogens is 1100 g/mol. The summed E-state index contributed by atoms with van der Waals surface area (Å²) in [5.41, 5.74) is 12.4.